The summed E-state index contributed by atoms with van der Waals surface area (Å²) in [4.78, 5) is 4.02. The van der Waals surface area contributed by atoms with E-state index in [2.05, 4.69) is 4.98 Å². The smallest absolute Gasteiger partial charge is 0.135 e. The molecule has 2 rings (SSSR count). The minimum absolute atomic E-state index is 0.377. The Morgan fingerprint density at radius 1 is 1.40 bits per heavy atom. The molecule has 2 heterocycles. The molecule has 0 amide bonds. The molecule has 0 spiro atoms. The summed E-state index contributed by atoms with van der Waals surface area (Å²) < 4.78 is 5.58. The van der Waals surface area contributed by atoms with Crippen LogP contribution in [0.4, 0.5) is 0 Å². The van der Waals surface area contributed by atoms with E-state index in [0.717, 1.165) is 17.1 Å². The highest BCUT2D eigenvalue weighted by Crippen LogP contribution is 2.21. The van der Waals surface area contributed by atoms with Crippen LogP contribution in [0.15, 0.2) is 41.1 Å². The summed E-state index contributed by atoms with van der Waals surface area (Å²) in [5.74, 6) is 1.59. The molecule has 0 radical (unpaired) electrons. The molecule has 1 atom stereocenters. The number of rotatable bonds is 3. The van der Waals surface area contributed by atoms with Gasteiger partial charge in [0.05, 0.1) is 6.10 Å². The number of hydrogen-bond donors (Lipinski definition) is 1. The van der Waals surface area contributed by atoms with Gasteiger partial charge in [-0.05, 0) is 31.2 Å². The fourth-order valence-electron chi connectivity index (χ4n) is 1.44. The Hall–Kier alpha value is -1.61. The number of aromatic nitrogens is 1. The summed E-state index contributed by atoms with van der Waals surface area (Å²) in [7, 11) is 0. The van der Waals surface area contributed by atoms with Gasteiger partial charge in [0, 0.05) is 24.4 Å². The Labute approximate surface area is 88.4 Å². The molecular weight excluding hydrogens is 190 g/mol. The SMILES string of the molecule is CC(O)Cc1ccc(-c2cccnc2)o1. The van der Waals surface area contributed by atoms with Crippen molar-refractivity contribution in [2.45, 2.75) is 19.4 Å². The van der Waals surface area contributed by atoms with E-state index in [4.69, 9.17) is 4.42 Å². The van der Waals surface area contributed by atoms with E-state index in [1.165, 1.54) is 0 Å². The van der Waals surface area contributed by atoms with Crippen LogP contribution in [0.1, 0.15) is 12.7 Å². The first-order chi connectivity index (χ1) is 7.25. The monoisotopic (exact) mass is 203 g/mol. The Morgan fingerprint density at radius 3 is 2.93 bits per heavy atom. The molecule has 0 saturated carbocycles. The number of nitrogens with zero attached hydrogens (tertiary/aromatic N) is 1. The number of pyridine rings is 1. The predicted molar refractivity (Wildman–Crippen MR) is 57.3 cm³/mol. The van der Waals surface area contributed by atoms with Gasteiger partial charge in [0.15, 0.2) is 0 Å². The topological polar surface area (TPSA) is 46.3 Å². The van der Waals surface area contributed by atoms with Crippen molar-refractivity contribution < 1.29 is 9.52 Å². The van der Waals surface area contributed by atoms with Gasteiger partial charge in [-0.2, -0.15) is 0 Å². The van der Waals surface area contributed by atoms with Gasteiger partial charge in [0.2, 0.25) is 0 Å². The van der Waals surface area contributed by atoms with Gasteiger partial charge >= 0.3 is 0 Å². The minimum Gasteiger partial charge on any atom is -0.461 e. The van der Waals surface area contributed by atoms with E-state index < -0.39 is 0 Å². The highest BCUT2D eigenvalue weighted by atomic mass is 16.3. The van der Waals surface area contributed by atoms with Gasteiger partial charge in [-0.15, -0.1) is 0 Å². The number of furan rings is 1. The van der Waals surface area contributed by atoms with Crippen LogP contribution in [0, 0.1) is 0 Å². The summed E-state index contributed by atoms with van der Waals surface area (Å²) >= 11 is 0. The molecule has 2 aromatic rings. The first-order valence-corrected chi connectivity index (χ1v) is 4.93. The second kappa shape index (κ2) is 4.28. The van der Waals surface area contributed by atoms with Gasteiger partial charge < -0.3 is 9.52 Å². The van der Waals surface area contributed by atoms with Crippen LogP contribution in [0.5, 0.6) is 0 Å². The van der Waals surface area contributed by atoms with Gasteiger partial charge in [-0.1, -0.05) is 0 Å². The zero-order chi connectivity index (χ0) is 10.7. The van der Waals surface area contributed by atoms with Crippen molar-refractivity contribution in [3.8, 4) is 11.3 Å². The summed E-state index contributed by atoms with van der Waals surface area (Å²) in [5.41, 5.74) is 0.953. The lowest BCUT2D eigenvalue weighted by Gasteiger charge is -1.99. The van der Waals surface area contributed by atoms with E-state index in [1.807, 2.05) is 24.3 Å². The van der Waals surface area contributed by atoms with E-state index in [1.54, 1.807) is 19.3 Å². The van der Waals surface area contributed by atoms with Crippen molar-refractivity contribution in [3.05, 3.63) is 42.4 Å². The molecule has 1 N–H and O–H groups in total. The van der Waals surface area contributed by atoms with Gasteiger partial charge in [0.25, 0.3) is 0 Å². The van der Waals surface area contributed by atoms with E-state index in [9.17, 15) is 5.11 Å². The molecule has 0 bridgehead atoms. The van der Waals surface area contributed by atoms with Crippen molar-refractivity contribution in [3.63, 3.8) is 0 Å². The Morgan fingerprint density at radius 2 is 2.27 bits per heavy atom. The Kier molecular flexibility index (Phi) is 2.83. The van der Waals surface area contributed by atoms with Crippen LogP contribution in [0.3, 0.4) is 0 Å². The first-order valence-electron chi connectivity index (χ1n) is 4.93. The molecule has 0 aliphatic carbocycles. The molecule has 0 aromatic carbocycles. The lowest BCUT2D eigenvalue weighted by Crippen LogP contribution is -2.02. The fourth-order valence-corrected chi connectivity index (χ4v) is 1.44. The lowest BCUT2D eigenvalue weighted by molar-refractivity contribution is 0.187. The van der Waals surface area contributed by atoms with Gasteiger partial charge in [-0.25, -0.2) is 0 Å². The predicted octanol–water partition coefficient (Wildman–Crippen LogP) is 2.26. The number of aliphatic hydroxyl groups is 1. The van der Waals surface area contributed by atoms with Crippen molar-refractivity contribution in [2.24, 2.45) is 0 Å². The first kappa shape index (κ1) is 9.93. The molecule has 3 heteroatoms. The molecule has 3 nitrogen and oxygen atoms in total. The molecule has 2 aromatic heterocycles. The maximum atomic E-state index is 9.21. The van der Waals surface area contributed by atoms with E-state index in [0.29, 0.717) is 6.42 Å². The van der Waals surface area contributed by atoms with Crippen molar-refractivity contribution in [1.82, 2.24) is 4.98 Å². The molecule has 15 heavy (non-hydrogen) atoms. The lowest BCUT2D eigenvalue weighted by atomic mass is 10.2. The average Bonchev–Trinajstić information content (AvgIpc) is 2.67. The van der Waals surface area contributed by atoms with Gasteiger partial charge in [0.1, 0.15) is 11.5 Å². The molecule has 0 aliphatic rings. The third kappa shape index (κ3) is 2.44. The summed E-state index contributed by atoms with van der Waals surface area (Å²) in [5, 5.41) is 9.21. The molecule has 0 saturated heterocycles. The Balaban J connectivity index is 2.21. The fraction of sp³-hybridized carbons (Fsp3) is 0.250. The second-order valence-electron chi connectivity index (χ2n) is 3.56. The average molecular weight is 203 g/mol. The van der Waals surface area contributed by atoms with Crippen molar-refractivity contribution >= 4 is 0 Å². The number of hydrogen-bond acceptors (Lipinski definition) is 3. The Bertz CT molecular complexity index is 420. The third-order valence-electron chi connectivity index (χ3n) is 2.10. The zero-order valence-electron chi connectivity index (χ0n) is 8.55. The molecule has 1 unspecified atom stereocenters. The van der Waals surface area contributed by atoms with Crippen LogP contribution >= 0.6 is 0 Å². The summed E-state index contributed by atoms with van der Waals surface area (Å²) in [6, 6.07) is 7.59. The van der Waals surface area contributed by atoms with E-state index >= 15 is 0 Å². The van der Waals surface area contributed by atoms with Crippen molar-refractivity contribution in [1.29, 1.82) is 0 Å². The number of aliphatic hydroxyl groups excluding tert-OH is 1. The van der Waals surface area contributed by atoms with Crippen LogP contribution in [-0.4, -0.2) is 16.2 Å². The molecule has 0 aliphatic heterocycles. The van der Waals surface area contributed by atoms with Crippen molar-refractivity contribution in [2.75, 3.05) is 0 Å². The second-order valence-corrected chi connectivity index (χ2v) is 3.56. The zero-order valence-corrected chi connectivity index (χ0v) is 8.55. The maximum absolute atomic E-state index is 9.21. The van der Waals surface area contributed by atoms with Crippen LogP contribution in [0.25, 0.3) is 11.3 Å². The van der Waals surface area contributed by atoms with Crippen LogP contribution in [0.2, 0.25) is 0 Å². The quantitative estimate of drug-likeness (QED) is 0.832. The van der Waals surface area contributed by atoms with Crippen LogP contribution in [-0.2, 0) is 6.42 Å². The standard InChI is InChI=1S/C12H13NO2/c1-9(14)7-11-4-5-12(15-11)10-3-2-6-13-8-10/h2-6,8-9,14H,7H2,1H3. The largest absolute Gasteiger partial charge is 0.461 e. The summed E-state index contributed by atoms with van der Waals surface area (Å²) in [6.45, 7) is 1.74. The molecule has 78 valence electrons. The third-order valence-corrected chi connectivity index (χ3v) is 2.10. The maximum Gasteiger partial charge on any atom is 0.135 e. The van der Waals surface area contributed by atoms with E-state index in [-0.39, 0.29) is 6.10 Å². The normalized spacial score (nSPS) is 12.7. The van der Waals surface area contributed by atoms with Gasteiger partial charge in [-0.3, -0.25) is 4.98 Å². The highest BCUT2D eigenvalue weighted by Gasteiger charge is 2.06. The molecule has 0 fully saturated rings. The highest BCUT2D eigenvalue weighted by molar-refractivity contribution is 5.55. The van der Waals surface area contributed by atoms with Crippen LogP contribution < -0.4 is 0 Å². The molecular formula is C12H13NO2. The summed E-state index contributed by atoms with van der Waals surface area (Å²) in [6.07, 6.45) is 3.65. The minimum atomic E-state index is -0.377.